The van der Waals surface area contributed by atoms with Crippen molar-refractivity contribution in [2.45, 2.75) is 46.3 Å². The van der Waals surface area contributed by atoms with E-state index >= 15 is 0 Å². The Hall–Kier alpha value is -1.82. The van der Waals surface area contributed by atoms with Crippen LogP contribution in [0.2, 0.25) is 0 Å². The van der Waals surface area contributed by atoms with Crippen molar-refractivity contribution in [2.24, 2.45) is 5.73 Å². The van der Waals surface area contributed by atoms with E-state index in [9.17, 15) is 4.79 Å². The molecule has 1 unspecified atom stereocenters. The van der Waals surface area contributed by atoms with Crippen LogP contribution in [-0.2, 0) is 4.74 Å². The van der Waals surface area contributed by atoms with Crippen LogP contribution in [0.3, 0.4) is 0 Å². The summed E-state index contributed by atoms with van der Waals surface area (Å²) in [6, 6.07) is 2.08. The predicted octanol–water partition coefficient (Wildman–Crippen LogP) is 2.47. The van der Waals surface area contributed by atoms with E-state index in [4.69, 9.17) is 10.5 Å². The van der Waals surface area contributed by atoms with E-state index in [0.717, 1.165) is 30.0 Å². The maximum Gasteiger partial charge on any atom is 0.410 e. The van der Waals surface area contributed by atoms with Crippen LogP contribution in [0.15, 0.2) is 12.3 Å². The summed E-state index contributed by atoms with van der Waals surface area (Å²) < 4.78 is 5.42. The van der Waals surface area contributed by atoms with Gasteiger partial charge in [0.2, 0.25) is 0 Å². The van der Waals surface area contributed by atoms with Gasteiger partial charge in [-0.1, -0.05) is 0 Å². The minimum atomic E-state index is -0.457. The van der Waals surface area contributed by atoms with Crippen LogP contribution in [0.5, 0.6) is 0 Å². The van der Waals surface area contributed by atoms with Gasteiger partial charge < -0.3 is 20.3 Å². The summed E-state index contributed by atoms with van der Waals surface area (Å²) in [5.41, 5.74) is 7.60. The molecular formula is C17H28N4O2. The smallest absolute Gasteiger partial charge is 0.410 e. The Labute approximate surface area is 138 Å². The van der Waals surface area contributed by atoms with E-state index in [1.54, 1.807) is 4.90 Å². The number of aryl methyl sites for hydroxylation is 1. The Morgan fingerprint density at radius 2 is 1.91 bits per heavy atom. The molecule has 0 saturated carbocycles. The maximum absolute atomic E-state index is 12.1. The summed E-state index contributed by atoms with van der Waals surface area (Å²) in [7, 11) is 0. The molecule has 2 rings (SSSR count). The van der Waals surface area contributed by atoms with Gasteiger partial charge in [0.15, 0.2) is 0 Å². The topological polar surface area (TPSA) is 71.7 Å². The van der Waals surface area contributed by atoms with Crippen LogP contribution in [0.4, 0.5) is 10.6 Å². The molecule has 1 aromatic rings. The highest BCUT2D eigenvalue weighted by atomic mass is 16.6. The molecule has 128 valence electrons. The lowest BCUT2D eigenvalue weighted by Gasteiger charge is -2.36. The SMILES string of the molecule is Cc1cc(C(C)N)cnc1N1CCN(C(=O)OC(C)(C)C)CC1. The Kier molecular flexibility index (Phi) is 5.14. The summed E-state index contributed by atoms with van der Waals surface area (Å²) in [4.78, 5) is 20.6. The normalized spacial score (nSPS) is 17.1. The third kappa shape index (κ3) is 4.58. The average Bonchev–Trinajstić information content (AvgIpc) is 2.45. The van der Waals surface area contributed by atoms with Gasteiger partial charge in [0.25, 0.3) is 0 Å². The Balaban J connectivity index is 1.98. The molecule has 1 aromatic heterocycles. The van der Waals surface area contributed by atoms with Crippen LogP contribution < -0.4 is 10.6 Å². The molecule has 0 bridgehead atoms. The van der Waals surface area contributed by atoms with Crippen molar-refractivity contribution < 1.29 is 9.53 Å². The summed E-state index contributed by atoms with van der Waals surface area (Å²) >= 11 is 0. The molecule has 2 heterocycles. The lowest BCUT2D eigenvalue weighted by Crippen LogP contribution is -2.50. The molecule has 1 fully saturated rings. The number of pyridine rings is 1. The molecule has 0 radical (unpaired) electrons. The van der Waals surface area contributed by atoms with E-state index < -0.39 is 5.60 Å². The van der Waals surface area contributed by atoms with Gasteiger partial charge in [-0.05, 0) is 51.8 Å². The second-order valence-corrected chi connectivity index (χ2v) is 7.15. The molecule has 6 heteroatoms. The first-order valence-electron chi connectivity index (χ1n) is 8.12. The van der Waals surface area contributed by atoms with Crippen molar-refractivity contribution in [3.63, 3.8) is 0 Å². The molecule has 1 amide bonds. The predicted molar refractivity (Wildman–Crippen MR) is 91.6 cm³/mol. The van der Waals surface area contributed by atoms with Gasteiger partial charge in [0.1, 0.15) is 11.4 Å². The lowest BCUT2D eigenvalue weighted by atomic mass is 10.1. The van der Waals surface area contributed by atoms with E-state index in [-0.39, 0.29) is 12.1 Å². The van der Waals surface area contributed by atoms with Crippen molar-refractivity contribution in [1.82, 2.24) is 9.88 Å². The number of piperazine rings is 1. The third-order valence-corrected chi connectivity index (χ3v) is 3.83. The van der Waals surface area contributed by atoms with Gasteiger partial charge in [0, 0.05) is 38.4 Å². The quantitative estimate of drug-likeness (QED) is 0.906. The third-order valence-electron chi connectivity index (χ3n) is 3.83. The lowest BCUT2D eigenvalue weighted by molar-refractivity contribution is 0.0240. The molecule has 1 aliphatic rings. The average molecular weight is 320 g/mol. The number of carbonyl (C=O) groups excluding carboxylic acids is 1. The number of ether oxygens (including phenoxy) is 1. The molecule has 1 aliphatic heterocycles. The molecule has 1 atom stereocenters. The van der Waals surface area contributed by atoms with Crippen LogP contribution in [0.1, 0.15) is 44.9 Å². The van der Waals surface area contributed by atoms with Gasteiger partial charge in [-0.2, -0.15) is 0 Å². The van der Waals surface area contributed by atoms with Gasteiger partial charge in [0.05, 0.1) is 0 Å². The first-order chi connectivity index (χ1) is 10.7. The summed E-state index contributed by atoms with van der Waals surface area (Å²) in [6.45, 7) is 12.5. The van der Waals surface area contributed by atoms with Crippen LogP contribution in [-0.4, -0.2) is 47.8 Å². The number of amides is 1. The minimum absolute atomic E-state index is 0.0146. The second kappa shape index (κ2) is 6.74. The number of carbonyl (C=O) groups is 1. The van der Waals surface area contributed by atoms with Crippen molar-refractivity contribution in [2.75, 3.05) is 31.1 Å². The molecule has 1 saturated heterocycles. The number of hydrogen-bond donors (Lipinski definition) is 1. The standard InChI is InChI=1S/C17H28N4O2/c1-12-10-14(13(2)18)11-19-15(12)20-6-8-21(9-7-20)16(22)23-17(3,4)5/h10-11,13H,6-9,18H2,1-5H3. The van der Waals surface area contributed by atoms with Crippen molar-refractivity contribution in [3.8, 4) is 0 Å². The monoisotopic (exact) mass is 320 g/mol. The van der Waals surface area contributed by atoms with Gasteiger partial charge >= 0.3 is 6.09 Å². The van der Waals surface area contributed by atoms with E-state index in [0.29, 0.717) is 13.1 Å². The Morgan fingerprint density at radius 1 is 1.30 bits per heavy atom. The maximum atomic E-state index is 12.1. The molecule has 23 heavy (non-hydrogen) atoms. The molecule has 0 aliphatic carbocycles. The molecule has 0 spiro atoms. The summed E-state index contributed by atoms with van der Waals surface area (Å²) in [5.74, 6) is 0.971. The van der Waals surface area contributed by atoms with Gasteiger partial charge in [-0.3, -0.25) is 0 Å². The highest BCUT2D eigenvalue weighted by molar-refractivity contribution is 5.68. The number of hydrogen-bond acceptors (Lipinski definition) is 5. The molecule has 2 N–H and O–H groups in total. The fourth-order valence-electron chi connectivity index (χ4n) is 2.60. The number of aromatic nitrogens is 1. The molecular weight excluding hydrogens is 292 g/mol. The Bertz CT molecular complexity index is 558. The van der Waals surface area contributed by atoms with Crippen molar-refractivity contribution >= 4 is 11.9 Å². The number of nitrogens with two attached hydrogens (primary N) is 1. The molecule has 6 nitrogen and oxygen atoms in total. The first-order valence-corrected chi connectivity index (χ1v) is 8.12. The fraction of sp³-hybridized carbons (Fsp3) is 0.647. The van der Waals surface area contributed by atoms with Gasteiger partial charge in [-0.15, -0.1) is 0 Å². The Morgan fingerprint density at radius 3 is 2.39 bits per heavy atom. The van der Waals surface area contributed by atoms with E-state index in [1.165, 1.54) is 0 Å². The van der Waals surface area contributed by atoms with E-state index in [2.05, 4.69) is 22.9 Å². The van der Waals surface area contributed by atoms with Crippen LogP contribution >= 0.6 is 0 Å². The zero-order chi connectivity index (χ0) is 17.2. The molecule has 0 aromatic carbocycles. The minimum Gasteiger partial charge on any atom is -0.444 e. The zero-order valence-corrected chi connectivity index (χ0v) is 14.8. The summed E-state index contributed by atoms with van der Waals surface area (Å²) in [6.07, 6.45) is 1.60. The second-order valence-electron chi connectivity index (χ2n) is 7.15. The van der Waals surface area contributed by atoms with Crippen molar-refractivity contribution in [1.29, 1.82) is 0 Å². The highest BCUT2D eigenvalue weighted by Gasteiger charge is 2.26. The van der Waals surface area contributed by atoms with E-state index in [1.807, 2.05) is 33.9 Å². The number of anilines is 1. The summed E-state index contributed by atoms with van der Waals surface area (Å²) in [5, 5.41) is 0. The first kappa shape index (κ1) is 17.5. The number of rotatable bonds is 2. The zero-order valence-electron chi connectivity index (χ0n) is 14.8. The van der Waals surface area contributed by atoms with Gasteiger partial charge in [-0.25, -0.2) is 9.78 Å². The largest absolute Gasteiger partial charge is 0.444 e. The van der Waals surface area contributed by atoms with Crippen LogP contribution in [0.25, 0.3) is 0 Å². The van der Waals surface area contributed by atoms with Crippen molar-refractivity contribution in [3.05, 3.63) is 23.4 Å². The fourth-order valence-corrected chi connectivity index (χ4v) is 2.60. The number of nitrogens with zero attached hydrogens (tertiary/aromatic N) is 3. The van der Waals surface area contributed by atoms with Crippen LogP contribution in [0, 0.1) is 6.92 Å². The highest BCUT2D eigenvalue weighted by Crippen LogP contribution is 2.22.